The minimum Gasteiger partial charge on any atom is -0.497 e. The molecule has 7 nitrogen and oxygen atoms in total. The first-order valence-electron chi connectivity index (χ1n) is 8.92. The van der Waals surface area contributed by atoms with Gasteiger partial charge in [0.1, 0.15) is 41.8 Å². The molecule has 0 saturated heterocycles. The molecule has 1 heterocycles. The molecule has 3 aromatic rings. The Labute approximate surface area is 164 Å². The van der Waals surface area contributed by atoms with Gasteiger partial charge in [0, 0.05) is 6.07 Å². The standard InChI is InChI=1S/C21H24N4O3/c1-15-4-9-19(27-3)18(12-15)25-21-13-20(23-14-24-21)22-10-11-28-17-7-5-16(26-2)6-8-17/h4-9,12-14H,10-11H2,1-3H3,(H2,22,23,24,25). The summed E-state index contributed by atoms with van der Waals surface area (Å²) in [5.74, 6) is 3.74. The van der Waals surface area contributed by atoms with E-state index in [4.69, 9.17) is 14.2 Å². The van der Waals surface area contributed by atoms with Crippen molar-refractivity contribution >= 4 is 17.3 Å². The number of hydrogen-bond acceptors (Lipinski definition) is 7. The predicted molar refractivity (Wildman–Crippen MR) is 110 cm³/mol. The highest BCUT2D eigenvalue weighted by Crippen LogP contribution is 2.28. The number of methoxy groups -OCH3 is 2. The molecule has 0 fully saturated rings. The normalized spacial score (nSPS) is 10.2. The van der Waals surface area contributed by atoms with E-state index >= 15 is 0 Å². The number of hydrogen-bond donors (Lipinski definition) is 2. The van der Waals surface area contributed by atoms with Gasteiger partial charge in [-0.2, -0.15) is 0 Å². The van der Waals surface area contributed by atoms with E-state index in [0.717, 1.165) is 28.5 Å². The Hall–Kier alpha value is -3.48. The van der Waals surface area contributed by atoms with Crippen LogP contribution in [0, 0.1) is 6.92 Å². The largest absolute Gasteiger partial charge is 0.497 e. The molecule has 0 radical (unpaired) electrons. The second-order valence-electron chi connectivity index (χ2n) is 6.07. The Morgan fingerprint density at radius 1 is 0.857 bits per heavy atom. The van der Waals surface area contributed by atoms with E-state index in [9.17, 15) is 0 Å². The quantitative estimate of drug-likeness (QED) is 0.543. The number of benzene rings is 2. The lowest BCUT2D eigenvalue weighted by Gasteiger charge is -2.12. The van der Waals surface area contributed by atoms with Gasteiger partial charge in [-0.05, 0) is 48.9 Å². The summed E-state index contributed by atoms with van der Waals surface area (Å²) < 4.78 is 16.2. The molecule has 0 aliphatic heterocycles. The van der Waals surface area contributed by atoms with Crippen LogP contribution in [-0.4, -0.2) is 37.3 Å². The summed E-state index contributed by atoms with van der Waals surface area (Å²) in [7, 11) is 3.28. The van der Waals surface area contributed by atoms with Gasteiger partial charge < -0.3 is 24.8 Å². The van der Waals surface area contributed by atoms with E-state index in [-0.39, 0.29) is 0 Å². The monoisotopic (exact) mass is 380 g/mol. The SMILES string of the molecule is COc1ccc(OCCNc2cc(Nc3cc(C)ccc3OC)ncn2)cc1. The van der Waals surface area contributed by atoms with Crippen molar-refractivity contribution in [3.63, 3.8) is 0 Å². The van der Waals surface area contributed by atoms with Gasteiger partial charge >= 0.3 is 0 Å². The summed E-state index contributed by atoms with van der Waals surface area (Å²) in [5, 5.41) is 6.50. The molecule has 2 aromatic carbocycles. The second kappa shape index (κ2) is 9.45. The van der Waals surface area contributed by atoms with Crippen molar-refractivity contribution in [1.29, 1.82) is 0 Å². The third-order valence-corrected chi connectivity index (χ3v) is 4.02. The third-order valence-electron chi connectivity index (χ3n) is 4.02. The summed E-state index contributed by atoms with van der Waals surface area (Å²) in [6, 6.07) is 15.3. The van der Waals surface area contributed by atoms with Crippen molar-refractivity contribution in [3.05, 3.63) is 60.4 Å². The number of nitrogens with zero attached hydrogens (tertiary/aromatic N) is 2. The lowest BCUT2D eigenvalue weighted by Crippen LogP contribution is -2.12. The maximum absolute atomic E-state index is 5.70. The van der Waals surface area contributed by atoms with Crippen LogP contribution in [0.25, 0.3) is 0 Å². The lowest BCUT2D eigenvalue weighted by molar-refractivity contribution is 0.331. The van der Waals surface area contributed by atoms with Gasteiger partial charge in [-0.25, -0.2) is 9.97 Å². The van der Waals surface area contributed by atoms with E-state index in [2.05, 4.69) is 20.6 Å². The lowest BCUT2D eigenvalue weighted by atomic mass is 10.2. The van der Waals surface area contributed by atoms with E-state index in [1.807, 2.05) is 55.5 Å². The third kappa shape index (κ3) is 5.26. The fraction of sp³-hybridized carbons (Fsp3) is 0.238. The molecule has 0 spiro atoms. The topological polar surface area (TPSA) is 77.5 Å². The molecule has 28 heavy (non-hydrogen) atoms. The van der Waals surface area contributed by atoms with Crippen LogP contribution in [0.4, 0.5) is 17.3 Å². The first-order valence-corrected chi connectivity index (χ1v) is 8.92. The Kier molecular flexibility index (Phi) is 6.51. The summed E-state index contributed by atoms with van der Waals surface area (Å²) in [6.45, 7) is 3.14. The molecule has 7 heteroatoms. The average molecular weight is 380 g/mol. The van der Waals surface area contributed by atoms with Crippen molar-refractivity contribution in [2.75, 3.05) is 38.0 Å². The van der Waals surface area contributed by atoms with Gasteiger partial charge in [0.05, 0.1) is 26.5 Å². The number of nitrogens with one attached hydrogen (secondary N) is 2. The number of aryl methyl sites for hydroxylation is 1. The van der Waals surface area contributed by atoms with Crippen LogP contribution >= 0.6 is 0 Å². The van der Waals surface area contributed by atoms with Gasteiger partial charge in [0.25, 0.3) is 0 Å². The Morgan fingerprint density at radius 2 is 1.61 bits per heavy atom. The van der Waals surface area contributed by atoms with Crippen LogP contribution in [0.2, 0.25) is 0 Å². The van der Waals surface area contributed by atoms with Gasteiger partial charge in [0.2, 0.25) is 0 Å². The van der Waals surface area contributed by atoms with Gasteiger partial charge in [-0.3, -0.25) is 0 Å². The molecule has 0 saturated carbocycles. The zero-order valence-electron chi connectivity index (χ0n) is 16.2. The highest BCUT2D eigenvalue weighted by Gasteiger charge is 2.05. The minimum absolute atomic E-state index is 0.505. The van der Waals surface area contributed by atoms with Gasteiger partial charge in [0.15, 0.2) is 0 Å². The van der Waals surface area contributed by atoms with Crippen LogP contribution in [0.3, 0.4) is 0 Å². The van der Waals surface area contributed by atoms with Crippen LogP contribution in [-0.2, 0) is 0 Å². The van der Waals surface area contributed by atoms with Crippen LogP contribution < -0.4 is 24.8 Å². The maximum atomic E-state index is 5.70. The fourth-order valence-electron chi connectivity index (χ4n) is 2.60. The fourth-order valence-corrected chi connectivity index (χ4v) is 2.60. The number of ether oxygens (including phenoxy) is 3. The van der Waals surface area contributed by atoms with Crippen molar-refractivity contribution in [2.24, 2.45) is 0 Å². The van der Waals surface area contributed by atoms with E-state index in [0.29, 0.717) is 24.8 Å². The number of aromatic nitrogens is 2. The smallest absolute Gasteiger partial charge is 0.142 e. The Morgan fingerprint density at radius 3 is 2.36 bits per heavy atom. The van der Waals surface area contributed by atoms with Crippen LogP contribution in [0.1, 0.15) is 5.56 Å². The molecule has 3 rings (SSSR count). The predicted octanol–water partition coefficient (Wildman–Crippen LogP) is 4.04. The molecule has 0 bridgehead atoms. The van der Waals surface area contributed by atoms with Crippen molar-refractivity contribution in [2.45, 2.75) is 6.92 Å². The second-order valence-corrected chi connectivity index (χ2v) is 6.07. The molecule has 0 aliphatic rings. The molecule has 1 aromatic heterocycles. The zero-order chi connectivity index (χ0) is 19.8. The molecule has 0 amide bonds. The van der Waals surface area contributed by atoms with E-state index < -0.39 is 0 Å². The summed E-state index contributed by atoms with van der Waals surface area (Å²) in [5.41, 5.74) is 1.99. The van der Waals surface area contributed by atoms with Gasteiger partial charge in [-0.1, -0.05) is 6.07 Å². The number of anilines is 3. The van der Waals surface area contributed by atoms with E-state index in [1.165, 1.54) is 6.33 Å². The molecule has 0 aliphatic carbocycles. The first kappa shape index (κ1) is 19.3. The van der Waals surface area contributed by atoms with E-state index in [1.54, 1.807) is 14.2 Å². The molecule has 146 valence electrons. The molecule has 0 atom stereocenters. The van der Waals surface area contributed by atoms with Crippen LogP contribution in [0.15, 0.2) is 54.9 Å². The summed E-state index contributed by atoms with van der Waals surface area (Å²) >= 11 is 0. The van der Waals surface area contributed by atoms with Gasteiger partial charge in [-0.15, -0.1) is 0 Å². The van der Waals surface area contributed by atoms with Crippen LogP contribution in [0.5, 0.6) is 17.2 Å². The summed E-state index contributed by atoms with van der Waals surface area (Å²) in [6.07, 6.45) is 1.51. The number of rotatable bonds is 9. The highest BCUT2D eigenvalue weighted by atomic mass is 16.5. The van der Waals surface area contributed by atoms with Crippen molar-refractivity contribution in [3.8, 4) is 17.2 Å². The molecular weight excluding hydrogens is 356 g/mol. The molecular formula is C21H24N4O3. The highest BCUT2D eigenvalue weighted by molar-refractivity contribution is 5.66. The zero-order valence-corrected chi connectivity index (χ0v) is 16.2. The average Bonchev–Trinajstić information content (AvgIpc) is 2.72. The molecule has 2 N–H and O–H groups in total. The van der Waals surface area contributed by atoms with Crippen molar-refractivity contribution in [1.82, 2.24) is 9.97 Å². The minimum atomic E-state index is 0.505. The maximum Gasteiger partial charge on any atom is 0.142 e. The Bertz CT molecular complexity index is 900. The molecule has 0 unspecified atom stereocenters. The first-order chi connectivity index (χ1) is 13.7. The summed E-state index contributed by atoms with van der Waals surface area (Å²) in [4.78, 5) is 8.51. The van der Waals surface area contributed by atoms with Crippen molar-refractivity contribution < 1.29 is 14.2 Å². The Balaban J connectivity index is 1.54.